The third-order valence-corrected chi connectivity index (χ3v) is 4.26. The van der Waals surface area contributed by atoms with E-state index >= 15 is 0 Å². The second-order valence-electron chi connectivity index (χ2n) is 5.87. The molecule has 0 amide bonds. The van der Waals surface area contributed by atoms with Crippen LogP contribution in [0.25, 0.3) is 22.4 Å². The molecule has 6 heteroatoms. The maximum Gasteiger partial charge on any atom is 0.174 e. The first-order valence-electron chi connectivity index (χ1n) is 7.83. The van der Waals surface area contributed by atoms with E-state index in [0.29, 0.717) is 0 Å². The zero-order valence-corrected chi connectivity index (χ0v) is 13.5. The summed E-state index contributed by atoms with van der Waals surface area (Å²) in [6, 6.07) is 6.29. The molecule has 0 N–H and O–H groups in total. The fraction of sp³-hybridized carbons (Fsp3) is 0.294. The highest BCUT2D eigenvalue weighted by molar-refractivity contribution is 5.89. The van der Waals surface area contributed by atoms with Crippen LogP contribution in [0.5, 0.6) is 0 Å². The Hall–Kier alpha value is -2.76. The Morgan fingerprint density at radius 2 is 1.91 bits per heavy atom. The highest BCUT2D eigenvalue weighted by Gasteiger charge is 2.14. The molecule has 0 saturated heterocycles. The monoisotopic (exact) mass is 306 g/mol. The molecule has 0 fully saturated rings. The molecule has 0 atom stereocenters. The molecule has 1 aromatic carbocycles. The highest BCUT2D eigenvalue weighted by atomic mass is 15.3. The molecule has 0 aliphatic heterocycles. The molecule has 4 rings (SSSR count). The Morgan fingerprint density at radius 1 is 1.04 bits per heavy atom. The van der Waals surface area contributed by atoms with Gasteiger partial charge < -0.3 is 0 Å². The molecule has 6 nitrogen and oxygen atoms in total. The van der Waals surface area contributed by atoms with Crippen LogP contribution in [0.2, 0.25) is 0 Å². The molecule has 0 radical (unpaired) electrons. The zero-order valence-electron chi connectivity index (χ0n) is 13.5. The predicted molar refractivity (Wildman–Crippen MR) is 88.9 cm³/mol. The number of fused-ring (bicyclic) bond motifs is 3. The third-order valence-electron chi connectivity index (χ3n) is 4.26. The lowest BCUT2D eigenvalue weighted by Gasteiger charge is -2.06. The van der Waals surface area contributed by atoms with Crippen molar-refractivity contribution in [3.63, 3.8) is 0 Å². The molecule has 116 valence electrons. The van der Waals surface area contributed by atoms with Crippen LogP contribution in [0.4, 0.5) is 0 Å². The van der Waals surface area contributed by atoms with Crippen molar-refractivity contribution in [2.45, 2.75) is 33.6 Å². The van der Waals surface area contributed by atoms with Crippen LogP contribution < -0.4 is 0 Å². The lowest BCUT2D eigenvalue weighted by molar-refractivity contribution is 0.811. The number of nitrogens with zero attached hydrogens (tertiary/aromatic N) is 6. The number of hydrogen-bond donors (Lipinski definition) is 0. The van der Waals surface area contributed by atoms with Gasteiger partial charge in [-0.3, -0.25) is 4.40 Å². The molecule has 0 aliphatic carbocycles. The molecule has 3 heterocycles. The predicted octanol–water partition coefficient (Wildman–Crippen LogP) is 3.03. The average Bonchev–Trinajstić information content (AvgIpc) is 3.14. The second-order valence-corrected chi connectivity index (χ2v) is 5.87. The zero-order chi connectivity index (χ0) is 16.0. The van der Waals surface area contributed by atoms with E-state index in [9.17, 15) is 0 Å². The Labute approximate surface area is 133 Å². The lowest BCUT2D eigenvalue weighted by Crippen LogP contribution is -2.00. The highest BCUT2D eigenvalue weighted by Crippen LogP contribution is 2.21. The molecular weight excluding hydrogens is 288 g/mol. The number of benzene rings is 1. The van der Waals surface area contributed by atoms with E-state index < -0.39 is 0 Å². The van der Waals surface area contributed by atoms with Crippen molar-refractivity contribution in [3.05, 3.63) is 47.7 Å². The maximum absolute atomic E-state index is 4.60. The summed E-state index contributed by atoms with van der Waals surface area (Å²) < 4.78 is 3.81. The molecule has 3 aromatic heterocycles. The summed E-state index contributed by atoms with van der Waals surface area (Å²) in [4.78, 5) is 4.60. The van der Waals surface area contributed by atoms with Gasteiger partial charge in [0.15, 0.2) is 11.3 Å². The molecule has 0 aliphatic rings. The van der Waals surface area contributed by atoms with Crippen LogP contribution in [0.15, 0.2) is 30.7 Å². The second kappa shape index (κ2) is 5.15. The number of aromatic nitrogens is 6. The van der Waals surface area contributed by atoms with Gasteiger partial charge in [-0.1, -0.05) is 13.0 Å². The Morgan fingerprint density at radius 3 is 2.70 bits per heavy atom. The summed E-state index contributed by atoms with van der Waals surface area (Å²) >= 11 is 0. The van der Waals surface area contributed by atoms with E-state index in [-0.39, 0.29) is 0 Å². The number of hydrogen-bond acceptors (Lipinski definition) is 4. The SMILES string of the molecule is CCCc1nnc2c3cnn(-c4ccc(C)c(C)c4)c3ncn12. The van der Waals surface area contributed by atoms with Crippen molar-refractivity contribution >= 4 is 16.7 Å². The summed E-state index contributed by atoms with van der Waals surface area (Å²) in [7, 11) is 0. The fourth-order valence-electron chi connectivity index (χ4n) is 2.81. The molecule has 0 saturated carbocycles. The van der Waals surface area contributed by atoms with Crippen LogP contribution in [0.1, 0.15) is 30.3 Å². The summed E-state index contributed by atoms with van der Waals surface area (Å²) in [5.41, 5.74) is 5.13. The molecule has 23 heavy (non-hydrogen) atoms. The molecule has 0 bridgehead atoms. The van der Waals surface area contributed by atoms with E-state index in [2.05, 4.69) is 59.3 Å². The smallest absolute Gasteiger partial charge is 0.174 e. The third kappa shape index (κ3) is 2.10. The lowest BCUT2D eigenvalue weighted by atomic mass is 10.1. The molecule has 4 aromatic rings. The Kier molecular flexibility index (Phi) is 3.11. The standard InChI is InChI=1S/C17H18N6/c1-4-5-15-20-21-17-14-9-19-23(16(14)18-10-22(15)17)13-7-6-11(2)12(3)8-13/h6-10H,4-5H2,1-3H3. The Balaban J connectivity index is 1.93. The summed E-state index contributed by atoms with van der Waals surface area (Å²) in [5, 5.41) is 14.0. The van der Waals surface area contributed by atoms with Crippen LogP contribution in [0, 0.1) is 13.8 Å². The molecule has 0 spiro atoms. The van der Waals surface area contributed by atoms with Crippen molar-refractivity contribution in [3.8, 4) is 5.69 Å². The van der Waals surface area contributed by atoms with E-state index in [1.807, 2.05) is 15.3 Å². The molecular formula is C17H18N6. The Bertz CT molecular complexity index is 1010. The van der Waals surface area contributed by atoms with Crippen molar-refractivity contribution in [1.29, 1.82) is 0 Å². The number of rotatable bonds is 3. The largest absolute Gasteiger partial charge is 0.269 e. The van der Waals surface area contributed by atoms with Gasteiger partial charge in [-0.25, -0.2) is 9.67 Å². The van der Waals surface area contributed by atoms with Gasteiger partial charge in [-0.2, -0.15) is 5.10 Å². The minimum Gasteiger partial charge on any atom is -0.269 e. The van der Waals surface area contributed by atoms with Crippen LogP contribution in [0.3, 0.4) is 0 Å². The first-order chi connectivity index (χ1) is 11.2. The van der Waals surface area contributed by atoms with Gasteiger partial charge in [0.2, 0.25) is 0 Å². The summed E-state index contributed by atoms with van der Waals surface area (Å²) in [6.07, 6.45) is 5.53. The van der Waals surface area contributed by atoms with Crippen LogP contribution >= 0.6 is 0 Å². The van der Waals surface area contributed by atoms with Gasteiger partial charge in [0.05, 0.1) is 17.3 Å². The van der Waals surface area contributed by atoms with Gasteiger partial charge in [0.25, 0.3) is 0 Å². The summed E-state index contributed by atoms with van der Waals surface area (Å²) in [6.45, 7) is 6.34. The van der Waals surface area contributed by atoms with Crippen molar-refractivity contribution in [2.75, 3.05) is 0 Å². The molecule has 0 unspecified atom stereocenters. The summed E-state index contributed by atoms with van der Waals surface area (Å²) in [5.74, 6) is 0.941. The van der Waals surface area contributed by atoms with Gasteiger partial charge >= 0.3 is 0 Å². The first-order valence-corrected chi connectivity index (χ1v) is 7.83. The van der Waals surface area contributed by atoms with Crippen LogP contribution in [-0.2, 0) is 6.42 Å². The first kappa shape index (κ1) is 13.9. The van der Waals surface area contributed by atoms with Gasteiger partial charge in [-0.15, -0.1) is 10.2 Å². The van der Waals surface area contributed by atoms with E-state index in [4.69, 9.17) is 0 Å². The van der Waals surface area contributed by atoms with E-state index in [1.165, 1.54) is 11.1 Å². The maximum atomic E-state index is 4.60. The minimum atomic E-state index is 0.802. The van der Waals surface area contributed by atoms with Gasteiger partial charge in [0, 0.05) is 6.42 Å². The van der Waals surface area contributed by atoms with Gasteiger partial charge in [0.1, 0.15) is 12.2 Å². The van der Waals surface area contributed by atoms with Crippen molar-refractivity contribution in [2.24, 2.45) is 0 Å². The van der Waals surface area contributed by atoms with E-state index in [0.717, 1.165) is 41.0 Å². The van der Waals surface area contributed by atoms with Crippen LogP contribution in [-0.4, -0.2) is 29.4 Å². The fourth-order valence-corrected chi connectivity index (χ4v) is 2.81. The van der Waals surface area contributed by atoms with Crippen molar-refractivity contribution < 1.29 is 0 Å². The average molecular weight is 306 g/mol. The normalized spacial score (nSPS) is 11.6. The van der Waals surface area contributed by atoms with Crippen molar-refractivity contribution in [1.82, 2.24) is 29.4 Å². The topological polar surface area (TPSA) is 60.9 Å². The number of aryl methyl sites for hydroxylation is 3. The van der Waals surface area contributed by atoms with E-state index in [1.54, 1.807) is 6.33 Å². The van der Waals surface area contributed by atoms with Gasteiger partial charge in [-0.05, 0) is 43.5 Å². The minimum absolute atomic E-state index is 0.802. The quantitative estimate of drug-likeness (QED) is 0.583.